The number of hydrogen-bond acceptors (Lipinski definition) is 5. The number of nitrogens with zero attached hydrogens (tertiary/aromatic N) is 2. The second kappa shape index (κ2) is 7.04. The van der Waals surface area contributed by atoms with Crippen LogP contribution in [-0.4, -0.2) is 32.2 Å². The summed E-state index contributed by atoms with van der Waals surface area (Å²) in [6, 6.07) is 7.84. The van der Waals surface area contributed by atoms with E-state index in [0.717, 1.165) is 10.7 Å². The molecular formula is C15H15N3O3S. The molecule has 2 rings (SSSR count). The molecule has 0 radical (unpaired) electrons. The number of carboxylic acids is 1. The Bertz CT molecular complexity index is 689. The first kappa shape index (κ1) is 16.0. The number of carboxylic acid groups (broad SMARTS) is 1. The molecule has 2 aromatic rings. The van der Waals surface area contributed by atoms with Gasteiger partial charge in [-0.15, -0.1) is 0 Å². The van der Waals surface area contributed by atoms with Gasteiger partial charge >= 0.3 is 5.97 Å². The summed E-state index contributed by atoms with van der Waals surface area (Å²) in [5, 5.41) is 12.0. The van der Waals surface area contributed by atoms with Gasteiger partial charge in [0.05, 0.1) is 10.8 Å². The van der Waals surface area contributed by atoms with Crippen molar-refractivity contribution < 1.29 is 14.7 Å². The lowest BCUT2D eigenvalue weighted by molar-refractivity contribution is -0.115. The van der Waals surface area contributed by atoms with Gasteiger partial charge < -0.3 is 10.4 Å². The maximum Gasteiger partial charge on any atom is 0.335 e. The van der Waals surface area contributed by atoms with E-state index < -0.39 is 5.97 Å². The van der Waals surface area contributed by atoms with Crippen LogP contribution >= 0.6 is 11.8 Å². The van der Waals surface area contributed by atoms with Gasteiger partial charge in [0, 0.05) is 11.4 Å². The van der Waals surface area contributed by atoms with Gasteiger partial charge in [0.2, 0.25) is 5.91 Å². The molecule has 6 nitrogen and oxygen atoms in total. The summed E-state index contributed by atoms with van der Waals surface area (Å²) in [6.07, 6.45) is 1.47. The van der Waals surface area contributed by atoms with Crippen molar-refractivity contribution in [1.82, 2.24) is 9.97 Å². The molecule has 2 N–H and O–H groups in total. The number of thioether (sulfide) groups is 1. The summed E-state index contributed by atoms with van der Waals surface area (Å²) in [5.41, 5.74) is 1.58. The Labute approximate surface area is 132 Å². The standard InChI is InChI=1S/C15H15N3O3S/c1-9-7-13(17-8-16-9)22-10(2)14(19)18-12-5-3-11(4-6-12)15(20)21/h3-8,10H,1-2H3,(H,18,19)(H,20,21). The van der Waals surface area contributed by atoms with Gasteiger partial charge in [0.15, 0.2) is 0 Å². The van der Waals surface area contributed by atoms with Gasteiger partial charge in [0.25, 0.3) is 0 Å². The zero-order chi connectivity index (χ0) is 16.1. The first-order valence-corrected chi connectivity index (χ1v) is 7.43. The zero-order valence-corrected chi connectivity index (χ0v) is 12.9. The van der Waals surface area contributed by atoms with Crippen LogP contribution in [0.25, 0.3) is 0 Å². The lowest BCUT2D eigenvalue weighted by atomic mass is 10.2. The minimum atomic E-state index is -0.999. The van der Waals surface area contributed by atoms with Crippen molar-refractivity contribution in [2.45, 2.75) is 24.1 Å². The Morgan fingerprint density at radius 2 is 1.91 bits per heavy atom. The number of anilines is 1. The van der Waals surface area contributed by atoms with Crippen molar-refractivity contribution in [3.63, 3.8) is 0 Å². The van der Waals surface area contributed by atoms with Gasteiger partial charge in [-0.05, 0) is 44.2 Å². The lowest BCUT2D eigenvalue weighted by Crippen LogP contribution is -2.22. The molecule has 22 heavy (non-hydrogen) atoms. The number of carbonyl (C=O) groups excluding carboxylic acids is 1. The predicted octanol–water partition coefficient (Wildman–Crippen LogP) is 2.60. The van der Waals surface area contributed by atoms with Crippen LogP contribution < -0.4 is 5.32 Å². The van der Waals surface area contributed by atoms with Crippen LogP contribution in [0.2, 0.25) is 0 Å². The molecule has 1 aromatic carbocycles. The third-order valence-electron chi connectivity index (χ3n) is 2.84. The maximum atomic E-state index is 12.1. The fourth-order valence-electron chi connectivity index (χ4n) is 1.67. The molecule has 1 heterocycles. The quantitative estimate of drug-likeness (QED) is 0.650. The van der Waals surface area contributed by atoms with Crippen molar-refractivity contribution in [1.29, 1.82) is 0 Å². The summed E-state index contributed by atoms with van der Waals surface area (Å²) in [5.74, 6) is -1.18. The van der Waals surface area contributed by atoms with Crippen LogP contribution in [0, 0.1) is 6.92 Å². The predicted molar refractivity (Wildman–Crippen MR) is 84.1 cm³/mol. The van der Waals surface area contributed by atoms with Gasteiger partial charge in [-0.25, -0.2) is 14.8 Å². The highest BCUT2D eigenvalue weighted by Crippen LogP contribution is 2.22. The van der Waals surface area contributed by atoms with Crippen molar-refractivity contribution in [3.05, 3.63) is 47.9 Å². The van der Waals surface area contributed by atoms with Crippen LogP contribution in [0.1, 0.15) is 23.0 Å². The fraction of sp³-hybridized carbons (Fsp3) is 0.200. The summed E-state index contributed by atoms with van der Waals surface area (Å²) < 4.78 is 0. The molecule has 7 heteroatoms. The van der Waals surface area contributed by atoms with E-state index in [0.29, 0.717) is 5.69 Å². The minimum absolute atomic E-state index is 0.177. The van der Waals surface area contributed by atoms with Crippen molar-refractivity contribution in [2.75, 3.05) is 5.32 Å². The molecule has 0 spiro atoms. The van der Waals surface area contributed by atoms with Crippen molar-refractivity contribution in [2.24, 2.45) is 0 Å². The first-order valence-electron chi connectivity index (χ1n) is 6.55. The van der Waals surface area contributed by atoms with Crippen LogP contribution in [-0.2, 0) is 4.79 Å². The van der Waals surface area contributed by atoms with Crippen LogP contribution in [0.15, 0.2) is 41.7 Å². The molecule has 0 fully saturated rings. The van der Waals surface area contributed by atoms with E-state index in [2.05, 4.69) is 15.3 Å². The molecule has 114 valence electrons. The SMILES string of the molecule is Cc1cc(SC(C)C(=O)Nc2ccc(C(=O)O)cc2)ncn1. The Balaban J connectivity index is 1.97. The molecule has 0 aliphatic carbocycles. The number of rotatable bonds is 5. The summed E-state index contributed by atoms with van der Waals surface area (Å²) in [6.45, 7) is 3.64. The highest BCUT2D eigenvalue weighted by atomic mass is 32.2. The molecular weight excluding hydrogens is 302 g/mol. The molecule has 1 aromatic heterocycles. The van der Waals surface area contributed by atoms with E-state index in [1.807, 2.05) is 13.0 Å². The third-order valence-corrected chi connectivity index (χ3v) is 3.88. The Kier molecular flexibility index (Phi) is 5.11. The first-order chi connectivity index (χ1) is 10.5. The lowest BCUT2D eigenvalue weighted by Gasteiger charge is -2.11. The summed E-state index contributed by atoms with van der Waals surface area (Å²) in [4.78, 5) is 31.0. The maximum absolute atomic E-state index is 12.1. The molecule has 0 bridgehead atoms. The van der Waals surface area contributed by atoms with E-state index in [1.165, 1.54) is 30.2 Å². The molecule has 1 atom stereocenters. The molecule has 1 unspecified atom stereocenters. The molecule has 0 saturated carbocycles. The fourth-order valence-corrected chi connectivity index (χ4v) is 2.54. The van der Waals surface area contributed by atoms with Gasteiger partial charge in [0.1, 0.15) is 11.4 Å². The number of hydrogen-bond donors (Lipinski definition) is 2. The van der Waals surface area contributed by atoms with Gasteiger partial charge in [-0.2, -0.15) is 0 Å². The Morgan fingerprint density at radius 1 is 1.23 bits per heavy atom. The Morgan fingerprint density at radius 3 is 2.50 bits per heavy atom. The second-order valence-corrected chi connectivity index (χ2v) is 5.99. The van der Waals surface area contributed by atoms with Crippen LogP contribution in [0.4, 0.5) is 5.69 Å². The monoisotopic (exact) mass is 317 g/mol. The molecule has 1 amide bonds. The molecule has 0 saturated heterocycles. The van der Waals surface area contributed by atoms with Crippen LogP contribution in [0.3, 0.4) is 0 Å². The number of aromatic carboxylic acids is 1. The normalized spacial score (nSPS) is 11.7. The van der Waals surface area contributed by atoms with Gasteiger partial charge in [-0.3, -0.25) is 4.79 Å². The summed E-state index contributed by atoms with van der Waals surface area (Å²) >= 11 is 1.34. The third kappa shape index (κ3) is 4.29. The second-order valence-electron chi connectivity index (χ2n) is 4.63. The van der Waals surface area contributed by atoms with Gasteiger partial charge in [-0.1, -0.05) is 11.8 Å². The number of nitrogens with one attached hydrogen (secondary N) is 1. The highest BCUT2D eigenvalue weighted by Gasteiger charge is 2.15. The minimum Gasteiger partial charge on any atom is -0.478 e. The van der Waals surface area contributed by atoms with E-state index >= 15 is 0 Å². The van der Waals surface area contributed by atoms with Crippen molar-refractivity contribution in [3.8, 4) is 0 Å². The molecule has 0 aliphatic rings. The number of carbonyl (C=O) groups is 2. The Hall–Kier alpha value is -2.41. The average molecular weight is 317 g/mol. The number of aryl methyl sites for hydroxylation is 1. The van der Waals surface area contributed by atoms with E-state index in [4.69, 9.17) is 5.11 Å². The number of aromatic nitrogens is 2. The number of benzene rings is 1. The number of amides is 1. The summed E-state index contributed by atoms with van der Waals surface area (Å²) in [7, 11) is 0. The van der Waals surface area contributed by atoms with Crippen molar-refractivity contribution >= 4 is 29.3 Å². The highest BCUT2D eigenvalue weighted by molar-refractivity contribution is 8.00. The topological polar surface area (TPSA) is 92.2 Å². The van der Waals surface area contributed by atoms with E-state index in [9.17, 15) is 9.59 Å². The van der Waals surface area contributed by atoms with Crippen LogP contribution in [0.5, 0.6) is 0 Å². The van der Waals surface area contributed by atoms with E-state index in [-0.39, 0.29) is 16.7 Å². The zero-order valence-electron chi connectivity index (χ0n) is 12.1. The average Bonchev–Trinajstić information content (AvgIpc) is 2.47. The largest absolute Gasteiger partial charge is 0.478 e. The smallest absolute Gasteiger partial charge is 0.335 e. The molecule has 0 aliphatic heterocycles. The van der Waals surface area contributed by atoms with E-state index in [1.54, 1.807) is 19.1 Å².